The molecule has 0 aliphatic heterocycles. The highest BCUT2D eigenvalue weighted by Crippen LogP contribution is 2.31. The van der Waals surface area contributed by atoms with Crippen LogP contribution in [-0.4, -0.2) is 15.7 Å². The van der Waals surface area contributed by atoms with Crippen LogP contribution in [0.4, 0.5) is 0 Å². The molecule has 2 atom stereocenters. The molecule has 0 radical (unpaired) electrons. The summed E-state index contributed by atoms with van der Waals surface area (Å²) in [7, 11) is 1.81. The van der Waals surface area contributed by atoms with Crippen LogP contribution in [-0.2, 0) is 18.3 Å². The summed E-state index contributed by atoms with van der Waals surface area (Å²) in [6, 6.07) is 7.62. The van der Waals surface area contributed by atoms with Gasteiger partial charge in [0.25, 0.3) is 0 Å². The van der Waals surface area contributed by atoms with Gasteiger partial charge in [0, 0.05) is 18.8 Å². The van der Waals surface area contributed by atoms with Crippen molar-refractivity contribution in [3.8, 4) is 0 Å². The first kappa shape index (κ1) is 12.9. The van der Waals surface area contributed by atoms with Crippen LogP contribution < -0.4 is 11.1 Å². The molecule has 0 fully saturated rings. The first-order chi connectivity index (χ1) is 9.65. The minimum atomic E-state index is -0.670. The molecule has 1 aromatic heterocycles. The lowest BCUT2D eigenvalue weighted by Gasteiger charge is -2.17. The molecule has 1 aliphatic rings. The second-order valence-corrected chi connectivity index (χ2v) is 5.22. The third-order valence-electron chi connectivity index (χ3n) is 3.82. The number of aryl methyl sites for hydroxylation is 2. The molecule has 20 heavy (non-hydrogen) atoms. The molecule has 1 heterocycles. The molecule has 5 heteroatoms. The highest BCUT2D eigenvalue weighted by atomic mass is 16.2. The Morgan fingerprint density at radius 1 is 1.50 bits per heavy atom. The number of benzene rings is 1. The van der Waals surface area contributed by atoms with Crippen LogP contribution >= 0.6 is 0 Å². The zero-order valence-corrected chi connectivity index (χ0v) is 11.4. The summed E-state index contributed by atoms with van der Waals surface area (Å²) >= 11 is 0. The fourth-order valence-electron chi connectivity index (χ4n) is 2.72. The van der Waals surface area contributed by atoms with Crippen molar-refractivity contribution in [2.75, 3.05) is 0 Å². The Bertz CT molecular complexity index is 634. The van der Waals surface area contributed by atoms with E-state index in [0.29, 0.717) is 0 Å². The Labute approximate surface area is 117 Å². The van der Waals surface area contributed by atoms with Gasteiger partial charge >= 0.3 is 0 Å². The van der Waals surface area contributed by atoms with Crippen molar-refractivity contribution in [2.24, 2.45) is 12.8 Å². The summed E-state index contributed by atoms with van der Waals surface area (Å²) in [5.74, 6) is -0.153. The fraction of sp³-hybridized carbons (Fsp3) is 0.333. The second kappa shape index (κ2) is 5.09. The summed E-state index contributed by atoms with van der Waals surface area (Å²) in [4.78, 5) is 12.2. The first-order valence-electron chi connectivity index (χ1n) is 6.77. The molecule has 1 amide bonds. The molecule has 0 saturated carbocycles. The average Bonchev–Trinajstić information content (AvgIpc) is 3.05. The molecule has 2 aromatic rings. The van der Waals surface area contributed by atoms with Gasteiger partial charge in [0.2, 0.25) is 5.91 Å². The Hall–Kier alpha value is -2.14. The number of fused-ring (bicyclic) bond motifs is 1. The highest BCUT2D eigenvalue weighted by molar-refractivity contribution is 5.83. The van der Waals surface area contributed by atoms with Crippen molar-refractivity contribution in [3.05, 3.63) is 53.3 Å². The van der Waals surface area contributed by atoms with E-state index in [1.807, 2.05) is 12.1 Å². The van der Waals surface area contributed by atoms with E-state index in [4.69, 9.17) is 5.73 Å². The first-order valence-corrected chi connectivity index (χ1v) is 6.77. The zero-order chi connectivity index (χ0) is 14.1. The number of amides is 1. The van der Waals surface area contributed by atoms with E-state index in [1.54, 1.807) is 24.1 Å². The van der Waals surface area contributed by atoms with Gasteiger partial charge < -0.3 is 11.1 Å². The Morgan fingerprint density at radius 3 is 3.05 bits per heavy atom. The minimum Gasteiger partial charge on any atom is -0.348 e. The van der Waals surface area contributed by atoms with Crippen molar-refractivity contribution in [1.82, 2.24) is 15.1 Å². The maximum atomic E-state index is 12.2. The molecule has 2 unspecified atom stereocenters. The molecular formula is C15H18N4O. The number of carbonyl (C=O) groups excluding carboxylic acids is 1. The molecule has 0 spiro atoms. The molecule has 0 bridgehead atoms. The fourth-order valence-corrected chi connectivity index (χ4v) is 2.72. The average molecular weight is 270 g/mol. The topological polar surface area (TPSA) is 72.9 Å². The number of nitrogens with one attached hydrogen (secondary N) is 1. The monoisotopic (exact) mass is 270 g/mol. The van der Waals surface area contributed by atoms with E-state index in [-0.39, 0.29) is 11.9 Å². The lowest BCUT2D eigenvalue weighted by molar-refractivity contribution is -0.123. The molecule has 0 saturated heterocycles. The van der Waals surface area contributed by atoms with Gasteiger partial charge in [-0.3, -0.25) is 9.48 Å². The summed E-state index contributed by atoms with van der Waals surface area (Å²) < 4.78 is 1.65. The third-order valence-corrected chi connectivity index (χ3v) is 3.82. The molecule has 5 nitrogen and oxygen atoms in total. The Balaban J connectivity index is 1.71. The van der Waals surface area contributed by atoms with E-state index >= 15 is 0 Å². The molecule has 104 valence electrons. The van der Waals surface area contributed by atoms with E-state index in [2.05, 4.69) is 22.5 Å². The molecule has 1 aromatic carbocycles. The van der Waals surface area contributed by atoms with Crippen molar-refractivity contribution >= 4 is 5.91 Å². The number of carbonyl (C=O) groups is 1. The third kappa shape index (κ3) is 2.32. The maximum absolute atomic E-state index is 12.2. The predicted octanol–water partition coefficient (Wildman–Crippen LogP) is 1.22. The van der Waals surface area contributed by atoms with Crippen molar-refractivity contribution < 1.29 is 4.79 Å². The van der Waals surface area contributed by atoms with Crippen LogP contribution in [0.3, 0.4) is 0 Å². The van der Waals surface area contributed by atoms with Crippen LogP contribution in [0.5, 0.6) is 0 Å². The number of nitrogens with zero attached hydrogens (tertiary/aromatic N) is 2. The van der Waals surface area contributed by atoms with Gasteiger partial charge in [-0.25, -0.2) is 0 Å². The largest absolute Gasteiger partial charge is 0.348 e. The van der Waals surface area contributed by atoms with Crippen LogP contribution in [0.1, 0.15) is 35.2 Å². The molecule has 1 aliphatic carbocycles. The summed E-state index contributed by atoms with van der Waals surface area (Å²) in [5, 5.41) is 7.09. The SMILES string of the molecule is Cn1cc(C(N)C(=O)NC2CCc3ccccc32)cn1. The molecule has 3 rings (SSSR count). The normalized spacial score (nSPS) is 18.6. The van der Waals surface area contributed by atoms with Crippen LogP contribution in [0.15, 0.2) is 36.7 Å². The van der Waals surface area contributed by atoms with Crippen LogP contribution in [0, 0.1) is 0 Å². The lowest BCUT2D eigenvalue weighted by Crippen LogP contribution is -2.35. The van der Waals surface area contributed by atoms with Crippen LogP contribution in [0.25, 0.3) is 0 Å². The van der Waals surface area contributed by atoms with Gasteiger partial charge in [-0.15, -0.1) is 0 Å². The summed E-state index contributed by atoms with van der Waals surface area (Å²) in [6.45, 7) is 0. The van der Waals surface area contributed by atoms with Crippen molar-refractivity contribution in [2.45, 2.75) is 24.9 Å². The quantitative estimate of drug-likeness (QED) is 0.881. The summed E-state index contributed by atoms with van der Waals surface area (Å²) in [5.41, 5.74) is 9.24. The van der Waals surface area contributed by atoms with Gasteiger partial charge in [-0.1, -0.05) is 24.3 Å². The van der Waals surface area contributed by atoms with E-state index < -0.39 is 6.04 Å². The predicted molar refractivity (Wildman–Crippen MR) is 75.8 cm³/mol. The van der Waals surface area contributed by atoms with Crippen molar-refractivity contribution in [3.63, 3.8) is 0 Å². The number of hydrogen-bond acceptors (Lipinski definition) is 3. The highest BCUT2D eigenvalue weighted by Gasteiger charge is 2.26. The van der Waals surface area contributed by atoms with E-state index in [0.717, 1.165) is 18.4 Å². The number of nitrogens with two attached hydrogens (primary N) is 1. The molecule has 3 N–H and O–H groups in total. The molecular weight excluding hydrogens is 252 g/mol. The lowest BCUT2D eigenvalue weighted by atomic mass is 10.1. The maximum Gasteiger partial charge on any atom is 0.242 e. The Kier molecular flexibility index (Phi) is 3.28. The van der Waals surface area contributed by atoms with Gasteiger partial charge in [0.05, 0.1) is 12.2 Å². The van der Waals surface area contributed by atoms with Gasteiger partial charge in [0.1, 0.15) is 6.04 Å². The van der Waals surface area contributed by atoms with Crippen LogP contribution in [0.2, 0.25) is 0 Å². The second-order valence-electron chi connectivity index (χ2n) is 5.22. The number of rotatable bonds is 3. The van der Waals surface area contributed by atoms with Crippen molar-refractivity contribution in [1.29, 1.82) is 0 Å². The van der Waals surface area contributed by atoms with Gasteiger partial charge in [-0.2, -0.15) is 5.10 Å². The Morgan fingerprint density at radius 2 is 2.30 bits per heavy atom. The zero-order valence-electron chi connectivity index (χ0n) is 11.4. The standard InChI is InChI=1S/C15H18N4O/c1-19-9-11(8-17-19)14(16)15(20)18-13-7-6-10-4-2-3-5-12(10)13/h2-5,8-9,13-14H,6-7,16H2,1H3,(H,18,20). The van der Waals surface area contributed by atoms with E-state index in [1.165, 1.54) is 11.1 Å². The minimum absolute atomic E-state index is 0.0708. The number of hydrogen-bond donors (Lipinski definition) is 2. The van der Waals surface area contributed by atoms with E-state index in [9.17, 15) is 4.79 Å². The smallest absolute Gasteiger partial charge is 0.242 e. The summed E-state index contributed by atoms with van der Waals surface area (Å²) in [6.07, 6.45) is 5.34. The van der Waals surface area contributed by atoms with Gasteiger partial charge in [-0.05, 0) is 24.0 Å². The number of aromatic nitrogens is 2. The van der Waals surface area contributed by atoms with Gasteiger partial charge in [0.15, 0.2) is 0 Å².